The average Bonchev–Trinajstić information content (AvgIpc) is 2.59. The van der Waals surface area contributed by atoms with Crippen molar-refractivity contribution in [3.63, 3.8) is 0 Å². The Morgan fingerprint density at radius 1 is 0.731 bits per heavy atom. The van der Waals surface area contributed by atoms with Crippen LogP contribution in [0.15, 0.2) is 47.6 Å². The second-order valence-electron chi connectivity index (χ2n) is 5.48. The summed E-state index contributed by atoms with van der Waals surface area (Å²) in [5.41, 5.74) is -3.94. The van der Waals surface area contributed by atoms with Gasteiger partial charge in [0.2, 0.25) is 5.41 Å². The number of carbonyl (C=O) groups excluding carboxylic acids is 1. The summed E-state index contributed by atoms with van der Waals surface area (Å²) in [7, 11) is 0. The molecule has 4 N–H and O–H groups in total. The summed E-state index contributed by atoms with van der Waals surface area (Å²) < 4.78 is 0. The summed E-state index contributed by atoms with van der Waals surface area (Å²) in [5.74, 6) is -7.46. The zero-order chi connectivity index (χ0) is 19.6. The summed E-state index contributed by atoms with van der Waals surface area (Å²) >= 11 is 0. The standard InChI is InChI=1S/C17H12O9/c18-12(8-1-3-9(4-2-8)13(19)20)10-5-6-11(14(21)22)17(7-10,15(23)24)16(25)26/h1-6H,7H2,(H,19,20)(H,21,22)(H,23,24)(H,25,26). The normalized spacial score (nSPS) is 15.4. The van der Waals surface area contributed by atoms with Gasteiger partial charge in [0.05, 0.1) is 11.1 Å². The van der Waals surface area contributed by atoms with Gasteiger partial charge in [0.1, 0.15) is 0 Å². The molecule has 1 aliphatic carbocycles. The van der Waals surface area contributed by atoms with Gasteiger partial charge in [0.25, 0.3) is 0 Å². The monoisotopic (exact) mass is 360 g/mol. The predicted octanol–water partition coefficient (Wildman–Crippen LogP) is 1.06. The minimum atomic E-state index is -2.80. The van der Waals surface area contributed by atoms with Crippen molar-refractivity contribution in [1.29, 1.82) is 0 Å². The van der Waals surface area contributed by atoms with Crippen molar-refractivity contribution in [1.82, 2.24) is 0 Å². The van der Waals surface area contributed by atoms with Crippen LogP contribution in [0.4, 0.5) is 0 Å². The molecule has 1 aliphatic rings. The molecule has 0 spiro atoms. The highest BCUT2D eigenvalue weighted by Gasteiger charge is 2.54. The molecule has 0 radical (unpaired) electrons. The average molecular weight is 360 g/mol. The number of carbonyl (C=O) groups is 5. The molecule has 26 heavy (non-hydrogen) atoms. The van der Waals surface area contributed by atoms with Crippen molar-refractivity contribution in [2.75, 3.05) is 0 Å². The first-order valence-electron chi connectivity index (χ1n) is 7.10. The van der Waals surface area contributed by atoms with E-state index in [-0.39, 0.29) is 16.7 Å². The van der Waals surface area contributed by atoms with Crippen molar-refractivity contribution in [2.45, 2.75) is 6.42 Å². The number of Topliss-reactive ketones (excluding diaryl/α,β-unsaturated/α-hetero) is 1. The summed E-state index contributed by atoms with van der Waals surface area (Å²) in [4.78, 5) is 57.7. The fraction of sp³-hybridized carbons (Fsp3) is 0.118. The lowest BCUT2D eigenvalue weighted by atomic mass is 9.71. The summed E-state index contributed by atoms with van der Waals surface area (Å²) in [6, 6.07) is 4.73. The Morgan fingerprint density at radius 2 is 1.23 bits per heavy atom. The van der Waals surface area contributed by atoms with Crippen molar-refractivity contribution in [3.8, 4) is 0 Å². The Balaban J connectivity index is 2.49. The van der Waals surface area contributed by atoms with Crippen molar-refractivity contribution in [3.05, 3.63) is 58.7 Å². The molecule has 0 unspecified atom stereocenters. The molecule has 9 heteroatoms. The van der Waals surface area contributed by atoms with Crippen LogP contribution >= 0.6 is 0 Å². The number of hydrogen-bond donors (Lipinski definition) is 4. The predicted molar refractivity (Wildman–Crippen MR) is 83.9 cm³/mol. The number of ketones is 1. The molecular formula is C17H12O9. The molecule has 0 bridgehead atoms. The molecule has 0 heterocycles. The van der Waals surface area contributed by atoms with E-state index in [1.165, 1.54) is 24.3 Å². The largest absolute Gasteiger partial charge is 0.480 e. The van der Waals surface area contributed by atoms with Gasteiger partial charge in [-0.2, -0.15) is 0 Å². The minimum Gasteiger partial charge on any atom is -0.480 e. The van der Waals surface area contributed by atoms with E-state index >= 15 is 0 Å². The number of aliphatic carboxylic acids is 3. The fourth-order valence-electron chi connectivity index (χ4n) is 2.60. The van der Waals surface area contributed by atoms with Gasteiger partial charge < -0.3 is 20.4 Å². The van der Waals surface area contributed by atoms with E-state index < -0.39 is 47.1 Å². The van der Waals surface area contributed by atoms with Gasteiger partial charge in [-0.3, -0.25) is 14.4 Å². The summed E-state index contributed by atoms with van der Waals surface area (Å²) in [6.07, 6.45) is 0.989. The van der Waals surface area contributed by atoms with Crippen LogP contribution in [-0.2, 0) is 14.4 Å². The minimum absolute atomic E-state index is 0.0121. The Kier molecular flexibility index (Phi) is 4.74. The molecule has 1 aromatic carbocycles. The molecule has 0 aliphatic heterocycles. The number of rotatable bonds is 6. The molecule has 0 saturated heterocycles. The molecule has 0 atom stereocenters. The van der Waals surface area contributed by atoms with E-state index in [1.807, 2.05) is 0 Å². The molecule has 0 amide bonds. The lowest BCUT2D eigenvalue weighted by Gasteiger charge is -2.28. The van der Waals surface area contributed by atoms with Crippen LogP contribution in [0.3, 0.4) is 0 Å². The molecule has 0 aromatic heterocycles. The third-order valence-corrected chi connectivity index (χ3v) is 4.01. The highest BCUT2D eigenvalue weighted by atomic mass is 16.4. The third kappa shape index (κ3) is 2.97. The van der Waals surface area contributed by atoms with Gasteiger partial charge in [-0.25, -0.2) is 9.59 Å². The molecule has 9 nitrogen and oxygen atoms in total. The first kappa shape index (κ1) is 18.6. The summed E-state index contributed by atoms with van der Waals surface area (Å²) in [6.45, 7) is 0. The van der Waals surface area contributed by atoms with Gasteiger partial charge in [-0.1, -0.05) is 18.2 Å². The Bertz CT molecular complexity index is 873. The molecule has 0 saturated carbocycles. The van der Waals surface area contributed by atoms with Gasteiger partial charge in [0, 0.05) is 17.6 Å². The van der Waals surface area contributed by atoms with Gasteiger partial charge in [-0.15, -0.1) is 0 Å². The Hall–Kier alpha value is -3.75. The van der Waals surface area contributed by atoms with Crippen LogP contribution in [0, 0.1) is 5.41 Å². The Morgan fingerprint density at radius 3 is 1.65 bits per heavy atom. The van der Waals surface area contributed by atoms with Gasteiger partial charge >= 0.3 is 23.9 Å². The Labute approximate surface area is 145 Å². The lowest BCUT2D eigenvalue weighted by Crippen LogP contribution is -2.45. The van der Waals surface area contributed by atoms with Crippen LogP contribution < -0.4 is 0 Å². The quantitative estimate of drug-likeness (QED) is 0.428. The number of hydrogen-bond acceptors (Lipinski definition) is 5. The van der Waals surface area contributed by atoms with Crippen molar-refractivity contribution >= 4 is 29.7 Å². The molecule has 134 valence electrons. The van der Waals surface area contributed by atoms with Crippen LogP contribution in [0.1, 0.15) is 27.1 Å². The fourth-order valence-corrected chi connectivity index (χ4v) is 2.60. The highest BCUT2D eigenvalue weighted by Crippen LogP contribution is 2.40. The first-order valence-corrected chi connectivity index (χ1v) is 7.10. The van der Waals surface area contributed by atoms with Crippen LogP contribution in [0.5, 0.6) is 0 Å². The highest BCUT2D eigenvalue weighted by molar-refractivity contribution is 6.15. The van der Waals surface area contributed by atoms with Gasteiger partial charge in [0.15, 0.2) is 5.78 Å². The first-order chi connectivity index (χ1) is 12.1. The second kappa shape index (κ2) is 6.63. The zero-order valence-corrected chi connectivity index (χ0v) is 13.0. The maximum absolute atomic E-state index is 12.5. The smallest absolute Gasteiger partial charge is 0.335 e. The van der Waals surface area contributed by atoms with Crippen LogP contribution in [0.25, 0.3) is 0 Å². The second-order valence-corrected chi connectivity index (χ2v) is 5.48. The van der Waals surface area contributed by atoms with E-state index in [0.29, 0.717) is 0 Å². The SMILES string of the molecule is O=C(O)C1=CC=C(C(=O)c2ccc(C(=O)O)cc2)CC1(C(=O)O)C(=O)O. The number of carboxylic acid groups (broad SMARTS) is 4. The zero-order valence-electron chi connectivity index (χ0n) is 13.0. The maximum Gasteiger partial charge on any atom is 0.335 e. The van der Waals surface area contributed by atoms with E-state index in [0.717, 1.165) is 12.2 Å². The maximum atomic E-state index is 12.5. The molecule has 2 rings (SSSR count). The third-order valence-electron chi connectivity index (χ3n) is 4.01. The number of aromatic carboxylic acids is 1. The van der Waals surface area contributed by atoms with E-state index in [9.17, 15) is 34.2 Å². The van der Waals surface area contributed by atoms with E-state index in [4.69, 9.17) is 10.2 Å². The molecule has 0 fully saturated rings. The lowest BCUT2D eigenvalue weighted by molar-refractivity contribution is -0.164. The molecular weight excluding hydrogens is 348 g/mol. The topological polar surface area (TPSA) is 166 Å². The van der Waals surface area contributed by atoms with E-state index in [1.54, 1.807) is 0 Å². The number of allylic oxidation sites excluding steroid dienone is 3. The van der Waals surface area contributed by atoms with Crippen LogP contribution in [0.2, 0.25) is 0 Å². The number of benzene rings is 1. The van der Waals surface area contributed by atoms with E-state index in [2.05, 4.69) is 0 Å². The van der Waals surface area contributed by atoms with Gasteiger partial charge in [-0.05, 0) is 18.2 Å². The van der Waals surface area contributed by atoms with Crippen LogP contribution in [-0.4, -0.2) is 50.1 Å². The number of carboxylic acids is 4. The van der Waals surface area contributed by atoms with Crippen molar-refractivity contribution in [2.24, 2.45) is 5.41 Å². The summed E-state index contributed by atoms with van der Waals surface area (Å²) in [5, 5.41) is 36.7. The molecule has 1 aromatic rings. The van der Waals surface area contributed by atoms with Crippen molar-refractivity contribution < 1.29 is 44.4 Å².